The average Bonchev–Trinajstić information content (AvgIpc) is 2.84. The van der Waals surface area contributed by atoms with Crippen molar-refractivity contribution in [1.29, 1.82) is 0 Å². The Balaban J connectivity index is 1.65. The maximum Gasteiger partial charge on any atom is 0.249 e. The summed E-state index contributed by atoms with van der Waals surface area (Å²) in [5, 5.41) is 14.6. The van der Waals surface area contributed by atoms with Gasteiger partial charge < -0.3 is 10.6 Å². The van der Waals surface area contributed by atoms with Gasteiger partial charge in [-0.1, -0.05) is 25.7 Å². The summed E-state index contributed by atoms with van der Waals surface area (Å²) in [6, 6.07) is 7.71. The lowest BCUT2D eigenvalue weighted by atomic mass is 10.1. The molecule has 2 aromatic rings. The van der Waals surface area contributed by atoms with Crippen LogP contribution in [0.5, 0.6) is 0 Å². The molecule has 1 aliphatic rings. The second kappa shape index (κ2) is 7.86. The molecule has 1 fully saturated rings. The molecule has 126 valence electrons. The number of carbonyl (C=O) groups is 1. The van der Waals surface area contributed by atoms with Crippen LogP contribution in [-0.2, 0) is 0 Å². The first-order chi connectivity index (χ1) is 11.7. The summed E-state index contributed by atoms with van der Waals surface area (Å²) in [7, 11) is 0. The number of benzene rings is 1. The minimum atomic E-state index is 0.0501. The van der Waals surface area contributed by atoms with Crippen molar-refractivity contribution in [2.24, 2.45) is 0 Å². The molecular formula is C18H23N5O. The van der Waals surface area contributed by atoms with Gasteiger partial charge in [-0.25, -0.2) is 0 Å². The van der Waals surface area contributed by atoms with Crippen LogP contribution in [0.15, 0.2) is 30.5 Å². The van der Waals surface area contributed by atoms with Gasteiger partial charge in [0, 0.05) is 17.3 Å². The average molecular weight is 325 g/mol. The number of ketones is 1. The van der Waals surface area contributed by atoms with Crippen LogP contribution < -0.4 is 10.6 Å². The summed E-state index contributed by atoms with van der Waals surface area (Å²) < 4.78 is 0. The third-order valence-electron chi connectivity index (χ3n) is 4.31. The standard InChI is InChI=1S/C18H23N5O/c1-13(24)14-8-10-16(11-9-14)21-18-22-17(12-19-23-18)20-15-6-4-2-3-5-7-15/h8-12,15H,2-7H2,1H3,(H2,20,21,22,23). The summed E-state index contributed by atoms with van der Waals surface area (Å²) in [5.74, 6) is 1.25. The Morgan fingerprint density at radius 1 is 1.08 bits per heavy atom. The van der Waals surface area contributed by atoms with Crippen LogP contribution in [0.3, 0.4) is 0 Å². The first-order valence-corrected chi connectivity index (χ1v) is 8.55. The van der Waals surface area contributed by atoms with Crippen LogP contribution in [-0.4, -0.2) is 27.0 Å². The van der Waals surface area contributed by atoms with Crippen LogP contribution in [0.2, 0.25) is 0 Å². The summed E-state index contributed by atoms with van der Waals surface area (Å²) in [4.78, 5) is 15.8. The highest BCUT2D eigenvalue weighted by Crippen LogP contribution is 2.21. The Morgan fingerprint density at radius 3 is 2.46 bits per heavy atom. The molecule has 0 saturated heterocycles. The van der Waals surface area contributed by atoms with E-state index >= 15 is 0 Å². The molecule has 1 saturated carbocycles. The van der Waals surface area contributed by atoms with Crippen molar-refractivity contribution in [2.75, 3.05) is 10.6 Å². The molecule has 0 amide bonds. The fraction of sp³-hybridized carbons (Fsp3) is 0.444. The zero-order valence-electron chi connectivity index (χ0n) is 14.0. The molecule has 1 aliphatic carbocycles. The van der Waals surface area contributed by atoms with Crippen molar-refractivity contribution < 1.29 is 4.79 Å². The Hall–Kier alpha value is -2.50. The van der Waals surface area contributed by atoms with Crippen molar-refractivity contribution in [3.8, 4) is 0 Å². The van der Waals surface area contributed by atoms with E-state index < -0.39 is 0 Å². The summed E-state index contributed by atoms with van der Waals surface area (Å²) in [6.45, 7) is 1.55. The molecule has 0 atom stereocenters. The highest BCUT2D eigenvalue weighted by Gasteiger charge is 2.13. The van der Waals surface area contributed by atoms with E-state index in [4.69, 9.17) is 0 Å². The Kier molecular flexibility index (Phi) is 5.36. The predicted octanol–water partition coefficient (Wildman–Crippen LogP) is 3.95. The molecule has 0 unspecified atom stereocenters. The first kappa shape index (κ1) is 16.4. The van der Waals surface area contributed by atoms with Gasteiger partial charge in [0.05, 0.1) is 6.20 Å². The van der Waals surface area contributed by atoms with E-state index in [1.807, 2.05) is 12.1 Å². The first-order valence-electron chi connectivity index (χ1n) is 8.55. The van der Waals surface area contributed by atoms with Crippen molar-refractivity contribution >= 4 is 23.2 Å². The van der Waals surface area contributed by atoms with Gasteiger partial charge in [-0.3, -0.25) is 4.79 Å². The number of anilines is 3. The Bertz CT molecular complexity index is 678. The number of rotatable bonds is 5. The Labute approximate surface area is 142 Å². The van der Waals surface area contributed by atoms with Gasteiger partial charge in [-0.2, -0.15) is 10.1 Å². The van der Waals surface area contributed by atoms with Gasteiger partial charge in [0.1, 0.15) is 0 Å². The van der Waals surface area contributed by atoms with Gasteiger partial charge in [0.25, 0.3) is 0 Å². The van der Waals surface area contributed by atoms with Gasteiger partial charge in [0.2, 0.25) is 5.95 Å². The fourth-order valence-electron chi connectivity index (χ4n) is 2.98. The molecule has 0 radical (unpaired) electrons. The van der Waals surface area contributed by atoms with Gasteiger partial charge in [-0.15, -0.1) is 5.10 Å². The minimum absolute atomic E-state index is 0.0501. The lowest BCUT2D eigenvalue weighted by Gasteiger charge is -2.16. The number of nitrogens with zero attached hydrogens (tertiary/aromatic N) is 3. The molecule has 1 aromatic heterocycles. The van der Waals surface area contributed by atoms with Crippen molar-refractivity contribution in [1.82, 2.24) is 15.2 Å². The van der Waals surface area contributed by atoms with E-state index in [9.17, 15) is 4.79 Å². The summed E-state index contributed by atoms with van der Waals surface area (Å²) in [5.41, 5.74) is 1.51. The smallest absolute Gasteiger partial charge is 0.249 e. The van der Waals surface area contributed by atoms with E-state index in [0.29, 0.717) is 17.6 Å². The van der Waals surface area contributed by atoms with E-state index in [1.165, 1.54) is 38.5 Å². The third kappa shape index (κ3) is 4.50. The van der Waals surface area contributed by atoms with E-state index in [-0.39, 0.29) is 5.78 Å². The highest BCUT2D eigenvalue weighted by atomic mass is 16.1. The zero-order chi connectivity index (χ0) is 16.8. The highest BCUT2D eigenvalue weighted by molar-refractivity contribution is 5.94. The van der Waals surface area contributed by atoms with E-state index in [1.54, 1.807) is 25.3 Å². The molecule has 2 N–H and O–H groups in total. The third-order valence-corrected chi connectivity index (χ3v) is 4.31. The van der Waals surface area contributed by atoms with Crippen LogP contribution in [0.4, 0.5) is 17.5 Å². The number of hydrogen-bond donors (Lipinski definition) is 2. The minimum Gasteiger partial charge on any atom is -0.366 e. The van der Waals surface area contributed by atoms with Crippen molar-refractivity contribution in [3.05, 3.63) is 36.0 Å². The molecule has 0 spiro atoms. The molecule has 1 aromatic carbocycles. The molecule has 0 aliphatic heterocycles. The van der Waals surface area contributed by atoms with Gasteiger partial charge in [0.15, 0.2) is 11.6 Å². The number of hydrogen-bond acceptors (Lipinski definition) is 6. The van der Waals surface area contributed by atoms with Crippen molar-refractivity contribution in [3.63, 3.8) is 0 Å². The topological polar surface area (TPSA) is 79.8 Å². The SMILES string of the molecule is CC(=O)c1ccc(Nc2nncc(NC3CCCCCC3)n2)cc1. The lowest BCUT2D eigenvalue weighted by molar-refractivity contribution is 0.101. The van der Waals surface area contributed by atoms with E-state index in [0.717, 1.165) is 11.5 Å². The number of aromatic nitrogens is 3. The lowest BCUT2D eigenvalue weighted by Crippen LogP contribution is -2.19. The molecule has 1 heterocycles. The van der Waals surface area contributed by atoms with Crippen LogP contribution >= 0.6 is 0 Å². The van der Waals surface area contributed by atoms with Gasteiger partial charge in [-0.05, 0) is 44.0 Å². The molecule has 24 heavy (non-hydrogen) atoms. The second-order valence-corrected chi connectivity index (χ2v) is 6.26. The van der Waals surface area contributed by atoms with E-state index in [2.05, 4.69) is 25.8 Å². The van der Waals surface area contributed by atoms with Crippen molar-refractivity contribution in [2.45, 2.75) is 51.5 Å². The van der Waals surface area contributed by atoms with Gasteiger partial charge >= 0.3 is 0 Å². The number of nitrogens with one attached hydrogen (secondary N) is 2. The van der Waals surface area contributed by atoms with Crippen LogP contribution in [0, 0.1) is 0 Å². The predicted molar refractivity (Wildman–Crippen MR) is 94.7 cm³/mol. The molecular weight excluding hydrogens is 302 g/mol. The molecule has 6 nitrogen and oxygen atoms in total. The quantitative estimate of drug-likeness (QED) is 0.640. The Morgan fingerprint density at radius 2 is 1.79 bits per heavy atom. The number of carbonyl (C=O) groups excluding carboxylic acids is 1. The second-order valence-electron chi connectivity index (χ2n) is 6.26. The zero-order valence-corrected chi connectivity index (χ0v) is 14.0. The summed E-state index contributed by atoms with van der Waals surface area (Å²) >= 11 is 0. The van der Waals surface area contributed by atoms with Crippen LogP contribution in [0.25, 0.3) is 0 Å². The molecule has 0 bridgehead atoms. The largest absolute Gasteiger partial charge is 0.366 e. The maximum absolute atomic E-state index is 11.3. The normalized spacial score (nSPS) is 15.5. The molecule has 3 rings (SSSR count). The summed E-state index contributed by atoms with van der Waals surface area (Å²) in [6.07, 6.45) is 9.20. The maximum atomic E-state index is 11.3. The number of Topliss-reactive ketones (excluding diaryl/α,β-unsaturated/α-hetero) is 1. The molecule has 6 heteroatoms. The van der Waals surface area contributed by atoms with Crippen LogP contribution in [0.1, 0.15) is 55.8 Å². The monoisotopic (exact) mass is 325 g/mol. The fourth-order valence-corrected chi connectivity index (χ4v) is 2.98.